The Kier molecular flexibility index (Phi) is 3.52. The average molecular weight is 140 g/mol. The molecule has 0 amide bonds. The van der Waals surface area contributed by atoms with Crippen molar-refractivity contribution in [3.63, 3.8) is 0 Å². The first-order chi connectivity index (χ1) is 4.93. The highest BCUT2D eigenvalue weighted by Gasteiger charge is 2.17. The van der Waals surface area contributed by atoms with Gasteiger partial charge >= 0.3 is 0 Å². The molecule has 0 bridgehead atoms. The summed E-state index contributed by atoms with van der Waals surface area (Å²) in [6, 6.07) is 0. The first kappa shape index (κ1) is 7.80. The van der Waals surface area contributed by atoms with E-state index >= 15 is 0 Å². The first-order valence-electron chi connectivity index (χ1n) is 4.21. The SMILES string of the molecule is CCCCC/C=C\[C@H]1CO1. The van der Waals surface area contributed by atoms with Crippen LogP contribution >= 0.6 is 0 Å². The highest BCUT2D eigenvalue weighted by atomic mass is 16.6. The molecule has 1 rings (SSSR count). The number of unbranched alkanes of at least 4 members (excludes halogenated alkanes) is 3. The zero-order valence-electron chi connectivity index (χ0n) is 6.68. The molecule has 0 aromatic carbocycles. The molecule has 1 aliphatic heterocycles. The summed E-state index contributed by atoms with van der Waals surface area (Å²) >= 11 is 0. The van der Waals surface area contributed by atoms with Crippen LogP contribution in [0.5, 0.6) is 0 Å². The van der Waals surface area contributed by atoms with E-state index in [0.717, 1.165) is 6.61 Å². The molecule has 0 aromatic rings. The second-order valence-corrected chi connectivity index (χ2v) is 2.80. The number of rotatable bonds is 5. The van der Waals surface area contributed by atoms with Crippen molar-refractivity contribution in [1.29, 1.82) is 0 Å². The number of allylic oxidation sites excluding steroid dienone is 1. The minimum Gasteiger partial charge on any atom is -0.369 e. The molecule has 0 spiro atoms. The summed E-state index contributed by atoms with van der Waals surface area (Å²) < 4.78 is 5.03. The molecule has 10 heavy (non-hydrogen) atoms. The molecular weight excluding hydrogens is 124 g/mol. The Morgan fingerprint density at radius 2 is 2.30 bits per heavy atom. The molecule has 1 saturated heterocycles. The van der Waals surface area contributed by atoms with Crippen LogP contribution in [0.2, 0.25) is 0 Å². The molecule has 0 radical (unpaired) electrons. The zero-order valence-corrected chi connectivity index (χ0v) is 6.68. The molecule has 0 unspecified atom stereocenters. The highest BCUT2D eigenvalue weighted by Crippen LogP contribution is 2.10. The smallest absolute Gasteiger partial charge is 0.0991 e. The maximum atomic E-state index is 5.03. The Labute approximate surface area is 63.1 Å². The Morgan fingerprint density at radius 3 is 2.90 bits per heavy atom. The number of ether oxygens (including phenoxy) is 1. The van der Waals surface area contributed by atoms with Gasteiger partial charge in [-0.3, -0.25) is 0 Å². The van der Waals surface area contributed by atoms with E-state index in [1.54, 1.807) is 0 Å². The molecule has 0 N–H and O–H groups in total. The van der Waals surface area contributed by atoms with Crippen molar-refractivity contribution in [2.45, 2.75) is 38.7 Å². The monoisotopic (exact) mass is 140 g/mol. The number of epoxide rings is 1. The first-order valence-corrected chi connectivity index (χ1v) is 4.21. The summed E-state index contributed by atoms with van der Waals surface area (Å²) in [6.07, 6.45) is 10.1. The molecule has 58 valence electrons. The summed E-state index contributed by atoms with van der Waals surface area (Å²) in [4.78, 5) is 0. The van der Waals surface area contributed by atoms with E-state index < -0.39 is 0 Å². The Hall–Kier alpha value is -0.300. The van der Waals surface area contributed by atoms with Crippen LogP contribution in [0.1, 0.15) is 32.6 Å². The second-order valence-electron chi connectivity index (χ2n) is 2.80. The molecule has 1 fully saturated rings. The van der Waals surface area contributed by atoms with Crippen LogP contribution < -0.4 is 0 Å². The zero-order chi connectivity index (χ0) is 7.23. The van der Waals surface area contributed by atoms with Gasteiger partial charge in [0.2, 0.25) is 0 Å². The summed E-state index contributed by atoms with van der Waals surface area (Å²) in [5.41, 5.74) is 0. The van der Waals surface area contributed by atoms with Gasteiger partial charge in [0, 0.05) is 0 Å². The van der Waals surface area contributed by atoms with Gasteiger partial charge in [-0.2, -0.15) is 0 Å². The fourth-order valence-electron chi connectivity index (χ4n) is 0.927. The van der Waals surface area contributed by atoms with E-state index in [9.17, 15) is 0 Å². The molecule has 0 aromatic heterocycles. The quantitative estimate of drug-likeness (QED) is 0.325. The van der Waals surface area contributed by atoms with E-state index in [1.165, 1.54) is 25.7 Å². The molecule has 1 heterocycles. The minimum atomic E-state index is 0.474. The van der Waals surface area contributed by atoms with Gasteiger partial charge in [-0.15, -0.1) is 0 Å². The molecule has 0 saturated carbocycles. The van der Waals surface area contributed by atoms with Crippen molar-refractivity contribution >= 4 is 0 Å². The van der Waals surface area contributed by atoms with Gasteiger partial charge in [-0.25, -0.2) is 0 Å². The van der Waals surface area contributed by atoms with Crippen molar-refractivity contribution in [2.75, 3.05) is 6.61 Å². The lowest BCUT2D eigenvalue weighted by Crippen LogP contribution is -1.75. The molecule has 1 atom stereocenters. The standard InChI is InChI=1S/C9H16O/c1-2-3-4-5-6-7-9-8-10-9/h6-7,9H,2-5,8H2,1H3/b7-6-/t9-/m0/s1. The van der Waals surface area contributed by atoms with Crippen LogP contribution in [0, 0.1) is 0 Å². The number of hydrogen-bond acceptors (Lipinski definition) is 1. The third kappa shape index (κ3) is 3.67. The summed E-state index contributed by atoms with van der Waals surface area (Å²) in [5.74, 6) is 0. The third-order valence-corrected chi connectivity index (χ3v) is 1.68. The van der Waals surface area contributed by atoms with Gasteiger partial charge in [0.05, 0.1) is 12.7 Å². The van der Waals surface area contributed by atoms with Gasteiger partial charge in [0.15, 0.2) is 0 Å². The maximum Gasteiger partial charge on any atom is 0.0991 e. The average Bonchev–Trinajstić information content (AvgIpc) is 2.71. The van der Waals surface area contributed by atoms with E-state index in [-0.39, 0.29) is 0 Å². The van der Waals surface area contributed by atoms with Crippen LogP contribution in [-0.2, 0) is 4.74 Å². The fraction of sp³-hybridized carbons (Fsp3) is 0.778. The van der Waals surface area contributed by atoms with Crippen LogP contribution in [0.25, 0.3) is 0 Å². The molecular formula is C9H16O. The van der Waals surface area contributed by atoms with Crippen molar-refractivity contribution in [3.8, 4) is 0 Å². The predicted octanol–water partition coefficient (Wildman–Crippen LogP) is 2.52. The highest BCUT2D eigenvalue weighted by molar-refractivity contribution is 4.95. The van der Waals surface area contributed by atoms with E-state index in [1.807, 2.05) is 0 Å². The van der Waals surface area contributed by atoms with Crippen molar-refractivity contribution in [3.05, 3.63) is 12.2 Å². The number of hydrogen-bond donors (Lipinski definition) is 0. The van der Waals surface area contributed by atoms with Crippen LogP contribution in [0.4, 0.5) is 0 Å². The third-order valence-electron chi connectivity index (χ3n) is 1.68. The topological polar surface area (TPSA) is 12.5 Å². The van der Waals surface area contributed by atoms with Gasteiger partial charge in [0.25, 0.3) is 0 Å². The second kappa shape index (κ2) is 4.51. The fourth-order valence-corrected chi connectivity index (χ4v) is 0.927. The van der Waals surface area contributed by atoms with Gasteiger partial charge in [-0.1, -0.05) is 31.9 Å². The Balaban J connectivity index is 1.83. The summed E-state index contributed by atoms with van der Waals surface area (Å²) in [5, 5.41) is 0. The van der Waals surface area contributed by atoms with Gasteiger partial charge in [0.1, 0.15) is 0 Å². The van der Waals surface area contributed by atoms with Crippen molar-refractivity contribution in [1.82, 2.24) is 0 Å². The van der Waals surface area contributed by atoms with Crippen molar-refractivity contribution < 1.29 is 4.74 Å². The van der Waals surface area contributed by atoms with E-state index in [4.69, 9.17) is 4.74 Å². The minimum absolute atomic E-state index is 0.474. The van der Waals surface area contributed by atoms with Crippen molar-refractivity contribution in [2.24, 2.45) is 0 Å². The summed E-state index contributed by atoms with van der Waals surface area (Å²) in [7, 11) is 0. The Bertz CT molecular complexity index is 103. The van der Waals surface area contributed by atoms with Gasteiger partial charge in [-0.05, 0) is 12.8 Å². The van der Waals surface area contributed by atoms with Crippen LogP contribution in [0.3, 0.4) is 0 Å². The lowest BCUT2D eigenvalue weighted by Gasteiger charge is -1.89. The van der Waals surface area contributed by atoms with Crippen LogP contribution in [-0.4, -0.2) is 12.7 Å². The van der Waals surface area contributed by atoms with E-state index in [0.29, 0.717) is 6.10 Å². The molecule has 1 nitrogen and oxygen atoms in total. The Morgan fingerprint density at radius 1 is 1.50 bits per heavy atom. The lowest BCUT2D eigenvalue weighted by molar-refractivity contribution is 0.439. The van der Waals surface area contributed by atoms with E-state index in [2.05, 4.69) is 19.1 Å². The van der Waals surface area contributed by atoms with Gasteiger partial charge < -0.3 is 4.74 Å². The summed E-state index contributed by atoms with van der Waals surface area (Å²) in [6.45, 7) is 3.18. The maximum absolute atomic E-state index is 5.03. The predicted molar refractivity (Wildman–Crippen MR) is 43.0 cm³/mol. The normalized spacial score (nSPS) is 23.9. The largest absolute Gasteiger partial charge is 0.369 e. The molecule has 0 aliphatic carbocycles. The molecule has 1 aliphatic rings. The molecule has 1 heteroatoms. The van der Waals surface area contributed by atoms with Crippen LogP contribution in [0.15, 0.2) is 12.2 Å². The lowest BCUT2D eigenvalue weighted by atomic mass is 10.2.